The second-order valence-corrected chi connectivity index (χ2v) is 16.6. The zero-order valence-corrected chi connectivity index (χ0v) is 38.1. The van der Waals surface area contributed by atoms with Gasteiger partial charge in [0, 0.05) is 37.8 Å². The van der Waals surface area contributed by atoms with E-state index < -0.39 is 83.4 Å². The number of carbonyl (C=O) groups excluding carboxylic acids is 6. The maximum atomic E-state index is 14.4. The summed E-state index contributed by atoms with van der Waals surface area (Å²) in [6.07, 6.45) is -5.34. The predicted octanol–water partition coefficient (Wildman–Crippen LogP) is 5.62. The summed E-state index contributed by atoms with van der Waals surface area (Å²) in [4.78, 5) is 94.2. The molecule has 0 aliphatic heterocycles. The summed E-state index contributed by atoms with van der Waals surface area (Å²) in [6, 6.07) is 30.4. The number of nitrogens with one attached hydrogen (secondary N) is 6. The number of alkyl halides is 3. The molecule has 5 aromatic carbocycles. The first-order valence-corrected chi connectivity index (χ1v) is 22.3. The first-order chi connectivity index (χ1) is 32.9. The van der Waals surface area contributed by atoms with Crippen molar-refractivity contribution in [1.29, 1.82) is 0 Å². The van der Waals surface area contributed by atoms with Crippen molar-refractivity contribution in [3.05, 3.63) is 173 Å². The molecule has 0 fully saturated rings. The molecule has 0 aromatic heterocycles. The van der Waals surface area contributed by atoms with Crippen LogP contribution < -0.4 is 31.9 Å². The molecule has 5 unspecified atom stereocenters. The minimum Gasteiger partial charge on any atom is -0.480 e. The van der Waals surface area contributed by atoms with Gasteiger partial charge in [-0.2, -0.15) is 13.2 Å². The maximum Gasteiger partial charge on any atom is 0.416 e. The highest BCUT2D eigenvalue weighted by molar-refractivity contribution is 5.97. The van der Waals surface area contributed by atoms with Crippen LogP contribution in [0.5, 0.6) is 0 Å². The van der Waals surface area contributed by atoms with Crippen LogP contribution in [0.3, 0.4) is 0 Å². The monoisotopic (exact) mass is 948 g/mol. The molecular weight excluding hydrogens is 894 g/mol. The number of anilines is 1. The smallest absolute Gasteiger partial charge is 0.416 e. The van der Waals surface area contributed by atoms with Crippen molar-refractivity contribution in [1.82, 2.24) is 26.6 Å². The number of hydrogen-bond donors (Lipinski definition) is 7. The van der Waals surface area contributed by atoms with Gasteiger partial charge >= 0.3 is 12.1 Å². The van der Waals surface area contributed by atoms with Crippen LogP contribution in [0.1, 0.15) is 59.6 Å². The maximum absolute atomic E-state index is 14.4. The van der Waals surface area contributed by atoms with Crippen molar-refractivity contribution in [2.45, 2.75) is 95.2 Å². The summed E-state index contributed by atoms with van der Waals surface area (Å²) in [5, 5.41) is 25.5. The third kappa shape index (κ3) is 17.4. The average Bonchev–Trinajstić information content (AvgIpc) is 3.33. The van der Waals surface area contributed by atoms with Gasteiger partial charge in [-0.05, 0) is 73.2 Å². The van der Waals surface area contributed by atoms with Gasteiger partial charge in [0.05, 0.1) is 5.56 Å². The molecule has 17 heteroatoms. The molecule has 0 radical (unpaired) electrons. The lowest BCUT2D eigenvalue weighted by Crippen LogP contribution is -2.59. The summed E-state index contributed by atoms with van der Waals surface area (Å²) in [7, 11) is 0. The van der Waals surface area contributed by atoms with Crippen LogP contribution in [-0.4, -0.2) is 76.7 Å². The summed E-state index contributed by atoms with van der Waals surface area (Å²) in [6.45, 7) is 3.23. The Kier molecular flexibility index (Phi) is 19.2. The Balaban J connectivity index is 1.36. The van der Waals surface area contributed by atoms with Gasteiger partial charge in [0.15, 0.2) is 0 Å². The van der Waals surface area contributed by atoms with E-state index in [4.69, 9.17) is 0 Å². The summed E-state index contributed by atoms with van der Waals surface area (Å²) >= 11 is 0. The Morgan fingerprint density at radius 3 is 1.43 bits per heavy atom. The first-order valence-electron chi connectivity index (χ1n) is 22.3. The summed E-state index contributed by atoms with van der Waals surface area (Å²) < 4.78 is 40.6. The highest BCUT2D eigenvalue weighted by Crippen LogP contribution is 2.29. The highest BCUT2D eigenvalue weighted by Gasteiger charge is 2.33. The number of aliphatic carboxylic acids is 1. The number of carboxylic acid groups (broad SMARTS) is 1. The van der Waals surface area contributed by atoms with Crippen LogP contribution in [0.25, 0.3) is 0 Å². The van der Waals surface area contributed by atoms with Gasteiger partial charge in [-0.15, -0.1) is 0 Å². The molecule has 5 aromatic rings. The predicted molar refractivity (Wildman–Crippen MR) is 252 cm³/mol. The van der Waals surface area contributed by atoms with Gasteiger partial charge in [0.1, 0.15) is 30.2 Å². The topological polar surface area (TPSA) is 212 Å². The SMILES string of the molecule is Cc1ccc(NC(=O)CCC(=O)NC(CCc2ccccc2)C(=O)NC(Cc2ccc(C(F)(F)F)cc2)C(=O)NC(Cc2ccccc2)C(=O)NC(C)C(=O)NC(Cc2ccccc2)C(=O)O)cc1. The standard InChI is InChI=1S/C52H55F3N6O8/c1-33-18-25-40(26-19-33)57-45(62)28-29-46(63)58-41(27-22-35-12-6-3-7-13-35)48(65)59-43(31-38-20-23-39(24-21-38)52(53,54)55)50(67)60-42(30-36-14-8-4-9-15-36)49(66)56-34(2)47(64)61-44(51(68)69)32-37-16-10-5-11-17-37/h3-21,23-26,34,41-44H,22,27-32H2,1-2H3,(H,56,66)(H,57,62)(H,58,63)(H,59,65)(H,60,67)(H,61,64)(H,68,69). The van der Waals surface area contributed by atoms with E-state index >= 15 is 0 Å². The molecule has 7 N–H and O–H groups in total. The van der Waals surface area contributed by atoms with E-state index in [-0.39, 0.29) is 44.1 Å². The lowest BCUT2D eigenvalue weighted by Gasteiger charge is -2.26. The molecule has 5 rings (SSSR count). The lowest BCUT2D eigenvalue weighted by atomic mass is 10.00. The third-order valence-electron chi connectivity index (χ3n) is 11.0. The van der Waals surface area contributed by atoms with E-state index in [0.717, 1.165) is 35.4 Å². The number of halogens is 3. The van der Waals surface area contributed by atoms with E-state index in [1.54, 1.807) is 84.9 Å². The van der Waals surface area contributed by atoms with Crippen molar-refractivity contribution in [3.8, 4) is 0 Å². The minimum atomic E-state index is -4.66. The highest BCUT2D eigenvalue weighted by atomic mass is 19.4. The van der Waals surface area contributed by atoms with Crippen LogP contribution >= 0.6 is 0 Å². The Labute approximate surface area is 397 Å². The van der Waals surface area contributed by atoms with Crippen molar-refractivity contribution < 1.29 is 51.8 Å². The Morgan fingerprint density at radius 2 is 0.928 bits per heavy atom. The van der Waals surface area contributed by atoms with Gasteiger partial charge in [0.2, 0.25) is 35.4 Å². The fourth-order valence-electron chi connectivity index (χ4n) is 7.18. The van der Waals surface area contributed by atoms with Crippen molar-refractivity contribution in [2.24, 2.45) is 0 Å². The van der Waals surface area contributed by atoms with Gasteiger partial charge in [-0.25, -0.2) is 4.79 Å². The van der Waals surface area contributed by atoms with Crippen LogP contribution in [-0.2, 0) is 65.4 Å². The number of rotatable bonds is 23. The molecule has 14 nitrogen and oxygen atoms in total. The van der Waals surface area contributed by atoms with E-state index in [1.807, 2.05) is 37.3 Å². The van der Waals surface area contributed by atoms with E-state index in [2.05, 4.69) is 31.9 Å². The van der Waals surface area contributed by atoms with Crippen molar-refractivity contribution in [2.75, 3.05) is 5.32 Å². The van der Waals surface area contributed by atoms with Crippen LogP contribution in [0.4, 0.5) is 18.9 Å². The Bertz CT molecular complexity index is 2510. The zero-order valence-electron chi connectivity index (χ0n) is 38.1. The molecule has 0 heterocycles. The Morgan fingerprint density at radius 1 is 0.493 bits per heavy atom. The Hall–Kier alpha value is -7.82. The molecule has 6 amide bonds. The van der Waals surface area contributed by atoms with Crippen molar-refractivity contribution >= 4 is 47.1 Å². The molecule has 0 aliphatic carbocycles. The number of benzene rings is 5. The molecule has 0 aliphatic rings. The minimum absolute atomic E-state index is 0.0379. The van der Waals surface area contributed by atoms with Gasteiger partial charge in [-0.3, -0.25) is 28.8 Å². The summed E-state index contributed by atoms with van der Waals surface area (Å²) in [5.74, 6) is -5.80. The number of aryl methyl sites for hydroxylation is 2. The normalized spacial score (nSPS) is 13.3. The van der Waals surface area contributed by atoms with Crippen LogP contribution in [0.15, 0.2) is 140 Å². The molecule has 0 saturated heterocycles. The van der Waals surface area contributed by atoms with Crippen LogP contribution in [0, 0.1) is 6.92 Å². The number of amides is 6. The second-order valence-electron chi connectivity index (χ2n) is 16.6. The first kappa shape index (κ1) is 52.2. The van der Waals surface area contributed by atoms with Gasteiger partial charge in [-0.1, -0.05) is 121 Å². The van der Waals surface area contributed by atoms with E-state index in [9.17, 15) is 51.8 Å². The van der Waals surface area contributed by atoms with E-state index in [1.165, 1.54) is 6.92 Å². The molecule has 0 bridgehead atoms. The molecule has 0 spiro atoms. The molecule has 5 atom stereocenters. The van der Waals surface area contributed by atoms with Crippen LogP contribution in [0.2, 0.25) is 0 Å². The number of carboxylic acids is 1. The largest absolute Gasteiger partial charge is 0.480 e. The quantitative estimate of drug-likeness (QED) is 0.0436. The number of hydrogen-bond acceptors (Lipinski definition) is 7. The second kappa shape index (κ2) is 25.4. The average molecular weight is 949 g/mol. The van der Waals surface area contributed by atoms with Gasteiger partial charge in [0.25, 0.3) is 0 Å². The molecular formula is C52H55F3N6O8. The van der Waals surface area contributed by atoms with Crippen molar-refractivity contribution in [3.63, 3.8) is 0 Å². The fraction of sp³-hybridized carbons (Fsp3) is 0.288. The molecule has 362 valence electrons. The van der Waals surface area contributed by atoms with E-state index in [0.29, 0.717) is 23.2 Å². The molecule has 69 heavy (non-hydrogen) atoms. The third-order valence-corrected chi connectivity index (χ3v) is 11.0. The zero-order chi connectivity index (χ0) is 49.9. The summed E-state index contributed by atoms with van der Waals surface area (Å²) in [5.41, 5.74) is 2.86. The van der Waals surface area contributed by atoms with Gasteiger partial charge < -0.3 is 37.0 Å². The lowest BCUT2D eigenvalue weighted by molar-refractivity contribution is -0.142. The fourth-order valence-corrected chi connectivity index (χ4v) is 7.18. The number of carbonyl (C=O) groups is 7. The molecule has 0 saturated carbocycles.